The Hall–Kier alpha value is -1.66. The summed E-state index contributed by atoms with van der Waals surface area (Å²) in [4.78, 5) is 26.9. The van der Waals surface area contributed by atoms with Gasteiger partial charge in [-0.15, -0.1) is 22.7 Å². The van der Waals surface area contributed by atoms with E-state index in [1.807, 2.05) is 29.0 Å². The molecule has 2 aromatic rings. The van der Waals surface area contributed by atoms with Crippen molar-refractivity contribution in [3.05, 3.63) is 44.8 Å². The third-order valence-corrected chi connectivity index (χ3v) is 4.27. The highest BCUT2D eigenvalue weighted by atomic mass is 32.1. The monoisotopic (exact) mass is 294 g/mol. The molecule has 0 saturated carbocycles. The Morgan fingerprint density at radius 2 is 1.95 bits per heavy atom. The number of hydrogen-bond donors (Lipinski definition) is 1. The van der Waals surface area contributed by atoms with Crippen LogP contribution >= 0.6 is 22.7 Å². The van der Waals surface area contributed by atoms with Crippen molar-refractivity contribution in [2.75, 3.05) is 13.6 Å². The topological polar surface area (TPSA) is 49.4 Å². The van der Waals surface area contributed by atoms with Crippen molar-refractivity contribution in [2.24, 2.45) is 0 Å². The maximum Gasteiger partial charge on any atom is 0.261 e. The Morgan fingerprint density at radius 3 is 2.58 bits per heavy atom. The van der Waals surface area contributed by atoms with E-state index in [9.17, 15) is 9.59 Å². The first-order valence-electron chi connectivity index (χ1n) is 5.75. The highest BCUT2D eigenvalue weighted by Crippen LogP contribution is 2.11. The number of carbonyl (C=O) groups excluding carboxylic acids is 2. The Labute approximate surface area is 119 Å². The minimum absolute atomic E-state index is 0.0264. The van der Waals surface area contributed by atoms with Crippen LogP contribution in [0.1, 0.15) is 14.5 Å². The summed E-state index contributed by atoms with van der Waals surface area (Å²) < 4.78 is 0. The Balaban J connectivity index is 1.79. The lowest BCUT2D eigenvalue weighted by Gasteiger charge is -2.16. The molecule has 0 aliphatic carbocycles. The predicted octanol–water partition coefficient (Wildman–Crippen LogP) is 2.20. The Morgan fingerprint density at radius 1 is 1.21 bits per heavy atom. The molecular weight excluding hydrogens is 280 g/mol. The third-order valence-electron chi connectivity index (χ3n) is 2.54. The lowest BCUT2D eigenvalue weighted by molar-refractivity contribution is -0.129. The highest BCUT2D eigenvalue weighted by molar-refractivity contribution is 7.12. The number of thiophene rings is 2. The van der Waals surface area contributed by atoms with Gasteiger partial charge in [-0.25, -0.2) is 0 Å². The van der Waals surface area contributed by atoms with Crippen LogP contribution < -0.4 is 5.32 Å². The maximum absolute atomic E-state index is 11.9. The molecule has 0 radical (unpaired) electrons. The van der Waals surface area contributed by atoms with Gasteiger partial charge >= 0.3 is 0 Å². The summed E-state index contributed by atoms with van der Waals surface area (Å²) in [5.41, 5.74) is 0. The van der Waals surface area contributed by atoms with E-state index in [4.69, 9.17) is 0 Å². The van der Waals surface area contributed by atoms with E-state index in [0.717, 1.165) is 4.88 Å². The molecule has 0 fully saturated rings. The van der Waals surface area contributed by atoms with E-state index in [2.05, 4.69) is 5.32 Å². The van der Waals surface area contributed by atoms with Gasteiger partial charge in [0.25, 0.3) is 5.91 Å². The fourth-order valence-electron chi connectivity index (χ4n) is 1.51. The second kappa shape index (κ2) is 6.49. The first-order valence-corrected chi connectivity index (χ1v) is 7.51. The third kappa shape index (κ3) is 3.90. The van der Waals surface area contributed by atoms with E-state index in [1.54, 1.807) is 29.4 Å². The molecule has 0 unspecified atom stereocenters. The molecular formula is C13H14N2O2S2. The number of rotatable bonds is 5. The van der Waals surface area contributed by atoms with Gasteiger partial charge < -0.3 is 10.2 Å². The number of nitrogens with one attached hydrogen (secondary N) is 1. The van der Waals surface area contributed by atoms with Crippen molar-refractivity contribution in [3.63, 3.8) is 0 Å². The van der Waals surface area contributed by atoms with Crippen molar-refractivity contribution in [1.29, 1.82) is 0 Å². The number of likely N-dealkylation sites (N-methyl/N-ethyl adjacent to an activating group) is 1. The van der Waals surface area contributed by atoms with Crippen molar-refractivity contribution < 1.29 is 9.59 Å². The molecule has 2 rings (SSSR count). The van der Waals surface area contributed by atoms with Crippen molar-refractivity contribution in [3.8, 4) is 0 Å². The van der Waals surface area contributed by atoms with Crippen LogP contribution in [-0.2, 0) is 11.3 Å². The average molecular weight is 294 g/mol. The van der Waals surface area contributed by atoms with Crippen LogP contribution in [0.3, 0.4) is 0 Å². The van der Waals surface area contributed by atoms with Crippen LogP contribution in [0.4, 0.5) is 0 Å². The zero-order valence-electron chi connectivity index (χ0n) is 10.5. The summed E-state index contributed by atoms with van der Waals surface area (Å²) in [7, 11) is 1.74. The molecule has 0 aliphatic heterocycles. The number of carbonyl (C=O) groups is 2. The number of amides is 2. The minimum atomic E-state index is -0.201. The maximum atomic E-state index is 11.9. The van der Waals surface area contributed by atoms with E-state index in [-0.39, 0.29) is 18.4 Å². The first kappa shape index (κ1) is 13.8. The smallest absolute Gasteiger partial charge is 0.261 e. The van der Waals surface area contributed by atoms with Crippen LogP contribution in [0.15, 0.2) is 35.0 Å². The Kier molecular flexibility index (Phi) is 4.70. The SMILES string of the molecule is CN(Cc1cccs1)C(=O)CNC(=O)c1cccs1. The zero-order valence-corrected chi connectivity index (χ0v) is 12.1. The van der Waals surface area contributed by atoms with Gasteiger partial charge in [-0.3, -0.25) is 9.59 Å². The van der Waals surface area contributed by atoms with Crippen LogP contribution in [0.25, 0.3) is 0 Å². The van der Waals surface area contributed by atoms with Crippen molar-refractivity contribution in [1.82, 2.24) is 10.2 Å². The van der Waals surface area contributed by atoms with Crippen molar-refractivity contribution in [2.45, 2.75) is 6.54 Å². The van der Waals surface area contributed by atoms with Gasteiger partial charge in [0.05, 0.1) is 18.0 Å². The fourth-order valence-corrected chi connectivity index (χ4v) is 2.91. The Bertz CT molecular complexity index is 535. The molecule has 0 spiro atoms. The van der Waals surface area contributed by atoms with Gasteiger partial charge in [-0.1, -0.05) is 12.1 Å². The van der Waals surface area contributed by atoms with Gasteiger partial charge in [0.2, 0.25) is 5.91 Å². The van der Waals surface area contributed by atoms with Gasteiger partial charge in [0, 0.05) is 11.9 Å². The highest BCUT2D eigenvalue weighted by Gasteiger charge is 2.12. The van der Waals surface area contributed by atoms with Crippen LogP contribution in [0, 0.1) is 0 Å². The van der Waals surface area contributed by atoms with E-state index < -0.39 is 0 Å². The summed E-state index contributed by atoms with van der Waals surface area (Å²) in [6.45, 7) is 0.601. The molecule has 0 bridgehead atoms. The number of hydrogen-bond acceptors (Lipinski definition) is 4. The fraction of sp³-hybridized carbons (Fsp3) is 0.231. The lowest BCUT2D eigenvalue weighted by atomic mass is 10.4. The standard InChI is InChI=1S/C13H14N2O2S2/c1-15(9-10-4-2-6-18-10)12(16)8-14-13(17)11-5-3-7-19-11/h2-7H,8-9H2,1H3,(H,14,17). The van der Waals surface area contributed by atoms with E-state index in [1.165, 1.54) is 11.3 Å². The average Bonchev–Trinajstić information content (AvgIpc) is 3.07. The van der Waals surface area contributed by atoms with Crippen LogP contribution in [0.2, 0.25) is 0 Å². The summed E-state index contributed by atoms with van der Waals surface area (Å²) in [5, 5.41) is 6.44. The van der Waals surface area contributed by atoms with Crippen molar-refractivity contribution >= 4 is 34.5 Å². The summed E-state index contributed by atoms with van der Waals surface area (Å²) in [6.07, 6.45) is 0. The second-order valence-corrected chi connectivity index (χ2v) is 5.97. The quantitative estimate of drug-likeness (QED) is 0.919. The van der Waals surface area contributed by atoms with Gasteiger partial charge in [-0.2, -0.15) is 0 Å². The van der Waals surface area contributed by atoms with Crippen LogP contribution in [0.5, 0.6) is 0 Å². The largest absolute Gasteiger partial charge is 0.342 e. The van der Waals surface area contributed by atoms with Gasteiger partial charge in [0.1, 0.15) is 0 Å². The predicted molar refractivity (Wildman–Crippen MR) is 77.4 cm³/mol. The molecule has 0 saturated heterocycles. The molecule has 0 atom stereocenters. The zero-order chi connectivity index (χ0) is 13.7. The lowest BCUT2D eigenvalue weighted by Crippen LogP contribution is -2.37. The van der Waals surface area contributed by atoms with Gasteiger partial charge in [0.15, 0.2) is 0 Å². The summed E-state index contributed by atoms with van der Waals surface area (Å²) in [6, 6.07) is 7.49. The molecule has 1 N–H and O–H groups in total. The molecule has 100 valence electrons. The second-order valence-electron chi connectivity index (χ2n) is 3.99. The molecule has 4 nitrogen and oxygen atoms in total. The molecule has 0 aromatic carbocycles. The van der Waals surface area contributed by atoms with E-state index in [0.29, 0.717) is 11.4 Å². The van der Waals surface area contributed by atoms with Crippen LogP contribution in [-0.4, -0.2) is 30.3 Å². The molecule has 0 aliphatic rings. The van der Waals surface area contributed by atoms with Gasteiger partial charge in [-0.05, 0) is 22.9 Å². The molecule has 6 heteroatoms. The van der Waals surface area contributed by atoms with E-state index >= 15 is 0 Å². The first-order chi connectivity index (χ1) is 9.16. The number of nitrogens with zero attached hydrogens (tertiary/aromatic N) is 1. The molecule has 2 amide bonds. The normalized spacial score (nSPS) is 10.2. The minimum Gasteiger partial charge on any atom is -0.342 e. The summed E-state index contributed by atoms with van der Waals surface area (Å²) >= 11 is 2.97. The molecule has 2 heterocycles. The molecule has 2 aromatic heterocycles. The summed E-state index contributed by atoms with van der Waals surface area (Å²) in [5.74, 6) is -0.300. The molecule has 19 heavy (non-hydrogen) atoms.